The molecule has 1 heterocycles. The number of hydrogen-bond acceptors (Lipinski definition) is 5. The van der Waals surface area contributed by atoms with Gasteiger partial charge in [0, 0.05) is 0 Å². The first-order valence-corrected chi connectivity index (χ1v) is 12.2. The number of allylic oxidation sites excluding steroid dienone is 3. The van der Waals surface area contributed by atoms with Crippen LogP contribution in [-0.4, -0.2) is 102 Å². The molecule has 9 heteroatoms. The molecule has 0 bridgehead atoms. The minimum atomic E-state index is -0.551. The maximum absolute atomic E-state index is 12.0. The quantitative estimate of drug-likeness (QED) is 0.143. The van der Waals surface area contributed by atoms with Crippen LogP contribution in [0.5, 0.6) is 0 Å². The standard InChI is InChI=1S/C21H30N4O3S.Tl/c1-6-11-25(12-10-16-9-7-8-15(2)13-16)19(22-3)18(28-21(29)24(4)5)17-14-27-20(26)23-17;/h7-9,11,15,17-18H,1,10,12-14H2,2-5H3,(H,23,26);/q;+1/p-1/t15?,17?,18-;/m0./s1. The Labute approximate surface area is 200 Å². The Hall–Kier alpha value is -1.65. The molecular formula is C21H29N4O3STl. The molecule has 0 aromatic rings. The van der Waals surface area contributed by atoms with Crippen molar-refractivity contribution in [3.63, 3.8) is 0 Å². The first-order chi connectivity index (χ1) is 14.3. The number of thiocarbonyl (C=S) groups is 1. The fourth-order valence-corrected chi connectivity index (χ4v) is 4.69. The number of amidine groups is 1. The number of ether oxygens (including phenoxy) is 2. The molecule has 160 valence electrons. The summed E-state index contributed by atoms with van der Waals surface area (Å²) in [4.78, 5) is 20.3. The Morgan fingerprint density at radius 2 is 2.33 bits per heavy atom. The van der Waals surface area contributed by atoms with Crippen LogP contribution in [0.25, 0.3) is 0 Å². The number of hydrogen-bond donors (Lipinski definition) is 0. The van der Waals surface area contributed by atoms with E-state index in [9.17, 15) is 4.79 Å². The van der Waals surface area contributed by atoms with E-state index in [1.165, 1.54) is 5.57 Å². The number of nitrogens with zero attached hydrogens (tertiary/aromatic N) is 4. The second-order valence-corrected chi connectivity index (χ2v) is 10.0. The van der Waals surface area contributed by atoms with Crippen LogP contribution < -0.4 is 0 Å². The van der Waals surface area contributed by atoms with Gasteiger partial charge in [-0.3, -0.25) is 0 Å². The van der Waals surface area contributed by atoms with Gasteiger partial charge in [-0.1, -0.05) is 0 Å². The summed E-state index contributed by atoms with van der Waals surface area (Å²) < 4.78 is 13.1. The summed E-state index contributed by atoms with van der Waals surface area (Å²) in [7, 11) is 5.37. The van der Waals surface area contributed by atoms with Crippen molar-refractivity contribution in [2.45, 2.75) is 31.9 Å². The van der Waals surface area contributed by atoms with E-state index in [-0.39, 0.29) is 44.8 Å². The van der Waals surface area contributed by atoms with Crippen molar-refractivity contribution in [2.24, 2.45) is 10.9 Å². The fraction of sp³-hybridized carbons (Fsp3) is 0.524. The molecule has 1 saturated heterocycles. The van der Waals surface area contributed by atoms with E-state index in [1.54, 1.807) is 20.9 Å². The van der Waals surface area contributed by atoms with Crippen LogP contribution in [0.1, 0.15) is 19.8 Å². The van der Waals surface area contributed by atoms with Gasteiger partial charge < -0.3 is 0 Å². The maximum atomic E-state index is 12.0. The number of carbonyl (C=O) groups is 1. The van der Waals surface area contributed by atoms with Gasteiger partial charge in [-0.2, -0.15) is 0 Å². The molecule has 0 radical (unpaired) electrons. The van der Waals surface area contributed by atoms with Crippen LogP contribution in [-0.2, 0) is 9.47 Å². The van der Waals surface area contributed by atoms with Gasteiger partial charge in [0.25, 0.3) is 0 Å². The van der Waals surface area contributed by atoms with E-state index in [0.29, 0.717) is 23.5 Å². The van der Waals surface area contributed by atoms with Gasteiger partial charge in [0.05, 0.1) is 0 Å². The molecule has 1 aliphatic heterocycles. The third-order valence-corrected chi connectivity index (χ3v) is 7.71. The van der Waals surface area contributed by atoms with Crippen molar-refractivity contribution in [3.05, 3.63) is 42.3 Å². The van der Waals surface area contributed by atoms with Gasteiger partial charge in [0.15, 0.2) is 0 Å². The van der Waals surface area contributed by atoms with Gasteiger partial charge in [-0.25, -0.2) is 0 Å². The molecule has 1 amide bonds. The molecule has 0 N–H and O–H groups in total. The van der Waals surface area contributed by atoms with Crippen LogP contribution in [0.2, 0.25) is 0 Å². The van der Waals surface area contributed by atoms with E-state index < -0.39 is 6.10 Å². The third-order valence-electron chi connectivity index (χ3n) is 4.94. The fourth-order valence-electron chi connectivity index (χ4n) is 3.35. The van der Waals surface area contributed by atoms with Crippen molar-refractivity contribution in [2.75, 3.05) is 34.3 Å². The topological polar surface area (TPSA) is 57.6 Å². The Kier molecular flexibility index (Phi) is 9.57. The second kappa shape index (κ2) is 11.7. The molecule has 0 saturated carbocycles. The van der Waals surface area contributed by atoms with Crippen LogP contribution in [0.3, 0.4) is 0 Å². The van der Waals surface area contributed by atoms with Crippen LogP contribution in [0, 0.1) is 5.92 Å². The summed E-state index contributed by atoms with van der Waals surface area (Å²) >= 11 is 5.67. The molecule has 7 nitrogen and oxygen atoms in total. The molecular weight excluding hydrogens is 593 g/mol. The van der Waals surface area contributed by atoms with E-state index in [4.69, 9.17) is 21.7 Å². The predicted molar refractivity (Wildman–Crippen MR) is 123 cm³/mol. The first-order valence-electron chi connectivity index (χ1n) is 9.82. The molecule has 2 unspecified atom stereocenters. The van der Waals surface area contributed by atoms with E-state index in [0.717, 1.165) is 12.8 Å². The SMILES string of the molecule is C=C=CN(CCC1=CC=CC(C)C1)C(=NC)[C@@H](OC(=S)N(C)C)C1COC(=O)[N]1[Tl]. The van der Waals surface area contributed by atoms with Crippen molar-refractivity contribution >= 4 is 55.4 Å². The van der Waals surface area contributed by atoms with Crippen LogP contribution >= 0.6 is 12.2 Å². The number of cyclic esters (lactones) is 1. The molecule has 2 rings (SSSR count). The number of rotatable bonds is 7. The molecule has 1 fully saturated rings. The second-order valence-electron chi connectivity index (χ2n) is 7.50. The van der Waals surface area contributed by atoms with E-state index >= 15 is 0 Å². The summed E-state index contributed by atoms with van der Waals surface area (Å²) in [6.45, 7) is 6.89. The van der Waals surface area contributed by atoms with E-state index in [1.807, 2.05) is 19.0 Å². The zero-order valence-corrected chi connectivity index (χ0v) is 23.4. The van der Waals surface area contributed by atoms with Crippen molar-refractivity contribution < 1.29 is 14.3 Å². The van der Waals surface area contributed by atoms with Crippen molar-refractivity contribution in [1.82, 2.24) is 12.5 Å². The summed E-state index contributed by atoms with van der Waals surface area (Å²) in [5.74, 6) is 1.21. The molecule has 1 aliphatic carbocycles. The minimum absolute atomic E-state index is 0.244. The zero-order chi connectivity index (χ0) is 22.3. The molecule has 0 aromatic carbocycles. The van der Waals surface area contributed by atoms with Crippen molar-refractivity contribution in [3.8, 4) is 0 Å². The van der Waals surface area contributed by atoms with Gasteiger partial charge in [-0.05, 0) is 0 Å². The summed E-state index contributed by atoms with van der Waals surface area (Å²) in [6.07, 6.45) is 9.35. The molecule has 0 spiro atoms. The Bertz CT molecular complexity index is 789. The Morgan fingerprint density at radius 1 is 1.60 bits per heavy atom. The zero-order valence-electron chi connectivity index (χ0n) is 18.1. The number of aliphatic imine (C=N–C) groups is 1. The predicted octanol–water partition coefficient (Wildman–Crippen LogP) is 2.66. The Balaban J connectivity index is 2.27. The summed E-state index contributed by atoms with van der Waals surface area (Å²) in [6, 6.07) is -0.281. The number of carbonyl (C=O) groups excluding carboxylic acids is 1. The van der Waals surface area contributed by atoms with Gasteiger partial charge in [0.2, 0.25) is 0 Å². The average molecular weight is 622 g/mol. The van der Waals surface area contributed by atoms with Crippen molar-refractivity contribution in [1.29, 1.82) is 0 Å². The van der Waals surface area contributed by atoms with Crippen LogP contribution in [0.4, 0.5) is 4.79 Å². The average Bonchev–Trinajstić information content (AvgIpc) is 3.04. The normalized spacial score (nSPS) is 22.0. The first kappa shape index (κ1) is 24.6. The monoisotopic (exact) mass is 622 g/mol. The summed E-state index contributed by atoms with van der Waals surface area (Å²) in [5.41, 5.74) is 4.24. The molecule has 30 heavy (non-hydrogen) atoms. The number of amides is 1. The van der Waals surface area contributed by atoms with E-state index in [2.05, 4.69) is 42.5 Å². The van der Waals surface area contributed by atoms with Gasteiger partial charge in [0.1, 0.15) is 0 Å². The van der Waals surface area contributed by atoms with Gasteiger partial charge >= 0.3 is 202 Å². The molecule has 2 aliphatic rings. The summed E-state index contributed by atoms with van der Waals surface area (Å²) in [5, 5.41) is 0.329. The van der Waals surface area contributed by atoms with Gasteiger partial charge in [-0.15, -0.1) is 0 Å². The molecule has 0 aromatic heterocycles. The molecule has 3 atom stereocenters. The third kappa shape index (κ3) is 6.42. The Morgan fingerprint density at radius 3 is 2.87 bits per heavy atom. The van der Waals surface area contributed by atoms with Crippen LogP contribution in [0.15, 0.2) is 47.3 Å².